The predicted octanol–water partition coefficient (Wildman–Crippen LogP) is 3.50. The van der Waals surface area contributed by atoms with Gasteiger partial charge in [0.25, 0.3) is 0 Å². The van der Waals surface area contributed by atoms with Gasteiger partial charge in [-0.1, -0.05) is 6.07 Å². The summed E-state index contributed by atoms with van der Waals surface area (Å²) in [7, 11) is 0. The van der Waals surface area contributed by atoms with Gasteiger partial charge in [0.05, 0.1) is 5.56 Å². The normalized spacial score (nSPS) is 9.83. The number of nitriles is 1. The molecule has 3 nitrogen and oxygen atoms in total. The van der Waals surface area contributed by atoms with Crippen molar-refractivity contribution in [3.8, 4) is 23.3 Å². The minimum absolute atomic E-state index is 0.105. The molecule has 0 amide bonds. The van der Waals surface area contributed by atoms with Gasteiger partial charge in [-0.2, -0.15) is 5.26 Å². The van der Waals surface area contributed by atoms with Gasteiger partial charge in [-0.15, -0.1) is 0 Å². The van der Waals surface area contributed by atoms with Gasteiger partial charge in [0.1, 0.15) is 29.1 Å². The Balaban J connectivity index is 2.41. The topological polar surface area (TPSA) is 53.2 Å². The molecule has 0 fully saturated rings. The van der Waals surface area contributed by atoms with Gasteiger partial charge in [-0.25, -0.2) is 4.39 Å². The smallest absolute Gasteiger partial charge is 0.145 e. The number of phenols is 1. The zero-order valence-electron chi connectivity index (χ0n) is 9.64. The number of hydrogen-bond donors (Lipinski definition) is 1. The lowest BCUT2D eigenvalue weighted by Crippen LogP contribution is -1.91. The SMILES string of the molecule is Cc1c(O)cccc1Oc1ccc(F)cc1C#N. The molecule has 2 rings (SSSR count). The van der Waals surface area contributed by atoms with Crippen molar-refractivity contribution in [3.05, 3.63) is 53.3 Å². The van der Waals surface area contributed by atoms with Crippen molar-refractivity contribution in [2.45, 2.75) is 6.92 Å². The first-order valence-electron chi connectivity index (χ1n) is 5.28. The van der Waals surface area contributed by atoms with E-state index in [1.807, 2.05) is 6.07 Å². The predicted molar refractivity (Wildman–Crippen MR) is 64.0 cm³/mol. The van der Waals surface area contributed by atoms with E-state index in [2.05, 4.69) is 0 Å². The van der Waals surface area contributed by atoms with Crippen molar-refractivity contribution in [3.63, 3.8) is 0 Å². The molecule has 0 heterocycles. The maximum absolute atomic E-state index is 13.0. The molecule has 0 saturated carbocycles. The van der Waals surface area contributed by atoms with Crippen LogP contribution < -0.4 is 4.74 Å². The lowest BCUT2D eigenvalue weighted by atomic mass is 10.2. The fourth-order valence-electron chi connectivity index (χ4n) is 1.51. The molecule has 90 valence electrons. The molecule has 18 heavy (non-hydrogen) atoms. The average Bonchev–Trinajstić information content (AvgIpc) is 2.37. The standard InChI is InChI=1S/C14H10FNO2/c1-9-12(17)3-2-4-13(9)18-14-6-5-11(15)7-10(14)8-16/h2-7,17H,1H3. The van der Waals surface area contributed by atoms with E-state index in [1.165, 1.54) is 18.2 Å². The van der Waals surface area contributed by atoms with Crippen LogP contribution in [-0.4, -0.2) is 5.11 Å². The second-order valence-corrected chi connectivity index (χ2v) is 3.75. The van der Waals surface area contributed by atoms with Gasteiger partial charge >= 0.3 is 0 Å². The van der Waals surface area contributed by atoms with Crippen molar-refractivity contribution in [2.24, 2.45) is 0 Å². The van der Waals surface area contributed by atoms with Crippen LogP contribution in [0, 0.1) is 24.1 Å². The second kappa shape index (κ2) is 4.76. The number of ether oxygens (including phenoxy) is 1. The Morgan fingerprint density at radius 3 is 2.72 bits per heavy atom. The van der Waals surface area contributed by atoms with E-state index in [0.29, 0.717) is 11.3 Å². The van der Waals surface area contributed by atoms with Crippen molar-refractivity contribution in [1.29, 1.82) is 5.26 Å². The van der Waals surface area contributed by atoms with E-state index in [0.717, 1.165) is 6.07 Å². The largest absolute Gasteiger partial charge is 0.508 e. The molecule has 4 heteroatoms. The molecule has 1 N–H and O–H groups in total. The summed E-state index contributed by atoms with van der Waals surface area (Å²) in [6.07, 6.45) is 0. The van der Waals surface area contributed by atoms with E-state index >= 15 is 0 Å². The molecule has 0 aliphatic heterocycles. The van der Waals surface area contributed by atoms with Crippen LogP contribution in [0.5, 0.6) is 17.2 Å². The van der Waals surface area contributed by atoms with Gasteiger partial charge in [0.15, 0.2) is 0 Å². The Kier molecular flexibility index (Phi) is 3.16. The van der Waals surface area contributed by atoms with Gasteiger partial charge in [0.2, 0.25) is 0 Å². The molecular formula is C14H10FNO2. The van der Waals surface area contributed by atoms with Crippen LogP contribution >= 0.6 is 0 Å². The number of rotatable bonds is 2. The van der Waals surface area contributed by atoms with Crippen molar-refractivity contribution >= 4 is 0 Å². The van der Waals surface area contributed by atoms with Gasteiger partial charge in [-0.05, 0) is 37.3 Å². The third kappa shape index (κ3) is 2.25. The first-order valence-corrected chi connectivity index (χ1v) is 5.28. The summed E-state index contributed by atoms with van der Waals surface area (Å²) in [6.45, 7) is 1.69. The van der Waals surface area contributed by atoms with E-state index in [9.17, 15) is 9.50 Å². The third-order valence-electron chi connectivity index (χ3n) is 2.54. The Bertz CT molecular complexity index is 632. The Morgan fingerprint density at radius 1 is 1.22 bits per heavy atom. The molecule has 0 aromatic heterocycles. The quantitative estimate of drug-likeness (QED) is 0.878. The maximum atomic E-state index is 13.0. The molecule has 0 atom stereocenters. The number of nitrogens with zero attached hydrogens (tertiary/aromatic N) is 1. The second-order valence-electron chi connectivity index (χ2n) is 3.75. The molecule has 0 bridgehead atoms. The minimum Gasteiger partial charge on any atom is -0.508 e. The summed E-state index contributed by atoms with van der Waals surface area (Å²) >= 11 is 0. The van der Waals surface area contributed by atoms with Gasteiger partial charge in [0, 0.05) is 5.56 Å². The summed E-state index contributed by atoms with van der Waals surface area (Å²) in [6, 6.07) is 10.4. The summed E-state index contributed by atoms with van der Waals surface area (Å²) in [5.74, 6) is 0.297. The summed E-state index contributed by atoms with van der Waals surface area (Å²) in [5.41, 5.74) is 0.670. The van der Waals surface area contributed by atoms with E-state index in [1.54, 1.807) is 19.1 Å². The fourth-order valence-corrected chi connectivity index (χ4v) is 1.51. The van der Waals surface area contributed by atoms with Crippen LogP contribution in [0.1, 0.15) is 11.1 Å². The first kappa shape index (κ1) is 11.9. The lowest BCUT2D eigenvalue weighted by molar-refractivity contribution is 0.447. The lowest BCUT2D eigenvalue weighted by Gasteiger charge is -2.10. The Hall–Kier alpha value is -2.54. The van der Waals surface area contributed by atoms with E-state index in [-0.39, 0.29) is 17.1 Å². The van der Waals surface area contributed by atoms with Crippen LogP contribution in [0.3, 0.4) is 0 Å². The molecule has 0 aliphatic carbocycles. The van der Waals surface area contributed by atoms with E-state index < -0.39 is 5.82 Å². The monoisotopic (exact) mass is 243 g/mol. The highest BCUT2D eigenvalue weighted by molar-refractivity contribution is 5.49. The highest BCUT2D eigenvalue weighted by Crippen LogP contribution is 2.31. The Morgan fingerprint density at radius 2 is 2.00 bits per heavy atom. The minimum atomic E-state index is -0.494. The number of benzene rings is 2. The summed E-state index contributed by atoms with van der Waals surface area (Å²) in [5, 5.41) is 18.4. The maximum Gasteiger partial charge on any atom is 0.145 e. The molecule has 0 aliphatic rings. The first-order chi connectivity index (χ1) is 8.61. The number of phenolic OH excluding ortho intramolecular Hbond substituents is 1. The molecular weight excluding hydrogens is 233 g/mol. The molecule has 0 saturated heterocycles. The Labute approximate surface area is 104 Å². The highest BCUT2D eigenvalue weighted by atomic mass is 19.1. The molecule has 0 spiro atoms. The van der Waals surface area contributed by atoms with Crippen LogP contribution in [0.2, 0.25) is 0 Å². The molecule has 2 aromatic rings. The molecule has 2 aromatic carbocycles. The van der Waals surface area contributed by atoms with Crippen molar-refractivity contribution in [2.75, 3.05) is 0 Å². The summed E-state index contributed by atoms with van der Waals surface area (Å²) in [4.78, 5) is 0. The average molecular weight is 243 g/mol. The van der Waals surface area contributed by atoms with Gasteiger partial charge < -0.3 is 9.84 Å². The van der Waals surface area contributed by atoms with Crippen LogP contribution in [-0.2, 0) is 0 Å². The fraction of sp³-hybridized carbons (Fsp3) is 0.0714. The number of halogens is 1. The third-order valence-corrected chi connectivity index (χ3v) is 2.54. The zero-order chi connectivity index (χ0) is 13.1. The highest BCUT2D eigenvalue weighted by Gasteiger charge is 2.09. The zero-order valence-corrected chi connectivity index (χ0v) is 9.64. The number of aromatic hydroxyl groups is 1. The van der Waals surface area contributed by atoms with Crippen molar-refractivity contribution in [1.82, 2.24) is 0 Å². The molecule has 0 unspecified atom stereocenters. The molecule has 0 radical (unpaired) electrons. The van der Waals surface area contributed by atoms with Crippen molar-refractivity contribution < 1.29 is 14.2 Å². The number of hydrogen-bond acceptors (Lipinski definition) is 3. The van der Waals surface area contributed by atoms with E-state index in [4.69, 9.17) is 10.00 Å². The summed E-state index contributed by atoms with van der Waals surface area (Å²) < 4.78 is 18.5. The van der Waals surface area contributed by atoms with Crippen LogP contribution in [0.25, 0.3) is 0 Å². The van der Waals surface area contributed by atoms with Crippen LogP contribution in [0.15, 0.2) is 36.4 Å². The van der Waals surface area contributed by atoms with Crippen LogP contribution in [0.4, 0.5) is 4.39 Å². The van der Waals surface area contributed by atoms with Gasteiger partial charge in [-0.3, -0.25) is 0 Å².